The molecular formula is C18H15ClN2O4. The molecule has 1 aromatic heterocycles. The highest BCUT2D eigenvalue weighted by Crippen LogP contribution is 2.20. The zero-order valence-corrected chi connectivity index (χ0v) is 14.2. The smallest absolute Gasteiger partial charge is 0.344 e. The minimum Gasteiger partial charge on any atom is -0.482 e. The molecule has 0 atom stereocenters. The molecule has 1 heterocycles. The van der Waals surface area contributed by atoms with Gasteiger partial charge in [0.15, 0.2) is 13.2 Å². The molecule has 0 unspecified atom stereocenters. The first kappa shape index (κ1) is 17.0. The van der Waals surface area contributed by atoms with Gasteiger partial charge in [-0.2, -0.15) is 4.98 Å². The van der Waals surface area contributed by atoms with Crippen LogP contribution in [0.4, 0.5) is 0 Å². The Bertz CT molecular complexity index is 879. The highest BCUT2D eigenvalue weighted by atomic mass is 35.5. The molecule has 7 heteroatoms. The van der Waals surface area contributed by atoms with E-state index >= 15 is 0 Å². The van der Waals surface area contributed by atoms with Crippen molar-refractivity contribution < 1.29 is 18.8 Å². The van der Waals surface area contributed by atoms with Crippen LogP contribution in [0.5, 0.6) is 5.75 Å². The highest BCUT2D eigenvalue weighted by molar-refractivity contribution is 6.30. The molecule has 3 rings (SSSR count). The summed E-state index contributed by atoms with van der Waals surface area (Å²) in [6.07, 6.45) is 0. The lowest BCUT2D eigenvalue weighted by Gasteiger charge is -2.06. The van der Waals surface area contributed by atoms with Crippen molar-refractivity contribution in [3.8, 4) is 17.1 Å². The van der Waals surface area contributed by atoms with E-state index in [0.29, 0.717) is 16.6 Å². The van der Waals surface area contributed by atoms with Gasteiger partial charge in [-0.1, -0.05) is 41.0 Å². The maximum Gasteiger partial charge on any atom is 0.344 e. The zero-order chi connectivity index (χ0) is 17.6. The summed E-state index contributed by atoms with van der Waals surface area (Å²) in [5.74, 6) is 0.658. The average Bonchev–Trinajstić information content (AvgIpc) is 3.07. The first-order chi connectivity index (χ1) is 12.1. The van der Waals surface area contributed by atoms with Gasteiger partial charge in [-0.25, -0.2) is 4.79 Å². The molecule has 128 valence electrons. The van der Waals surface area contributed by atoms with Crippen LogP contribution < -0.4 is 4.74 Å². The van der Waals surface area contributed by atoms with Gasteiger partial charge < -0.3 is 14.0 Å². The quantitative estimate of drug-likeness (QED) is 0.623. The average molecular weight is 359 g/mol. The van der Waals surface area contributed by atoms with Gasteiger partial charge in [-0.15, -0.1) is 0 Å². The van der Waals surface area contributed by atoms with Gasteiger partial charge in [0, 0.05) is 10.6 Å². The number of hydrogen-bond acceptors (Lipinski definition) is 6. The van der Waals surface area contributed by atoms with E-state index in [1.54, 1.807) is 24.3 Å². The molecule has 2 aromatic carbocycles. The van der Waals surface area contributed by atoms with Gasteiger partial charge >= 0.3 is 5.97 Å². The lowest BCUT2D eigenvalue weighted by Crippen LogP contribution is -2.14. The van der Waals surface area contributed by atoms with Crippen molar-refractivity contribution in [2.24, 2.45) is 0 Å². The van der Waals surface area contributed by atoms with Crippen LogP contribution in [0.25, 0.3) is 11.4 Å². The maximum absolute atomic E-state index is 11.7. The van der Waals surface area contributed by atoms with Crippen LogP contribution in [0.15, 0.2) is 53.1 Å². The number of carbonyl (C=O) groups excluding carboxylic acids is 1. The van der Waals surface area contributed by atoms with Crippen molar-refractivity contribution in [1.82, 2.24) is 10.1 Å². The third-order valence-corrected chi connectivity index (χ3v) is 3.49. The first-order valence-electron chi connectivity index (χ1n) is 7.54. The SMILES string of the molecule is Cc1cccc(OCC(=O)OCc2nc(-c3cccc(Cl)c3)no2)c1. The van der Waals surface area contributed by atoms with Gasteiger partial charge in [-0.05, 0) is 36.8 Å². The van der Waals surface area contributed by atoms with Crippen molar-refractivity contribution in [2.75, 3.05) is 6.61 Å². The minimum absolute atomic E-state index is 0.121. The van der Waals surface area contributed by atoms with E-state index in [-0.39, 0.29) is 19.1 Å². The van der Waals surface area contributed by atoms with Crippen molar-refractivity contribution >= 4 is 17.6 Å². The normalized spacial score (nSPS) is 10.5. The second kappa shape index (κ2) is 7.81. The molecule has 25 heavy (non-hydrogen) atoms. The van der Waals surface area contributed by atoms with Crippen molar-refractivity contribution in [3.05, 3.63) is 65.0 Å². The Kier molecular flexibility index (Phi) is 5.30. The summed E-state index contributed by atoms with van der Waals surface area (Å²) in [4.78, 5) is 15.9. The number of rotatable bonds is 6. The van der Waals surface area contributed by atoms with Gasteiger partial charge in [0.05, 0.1) is 0 Å². The lowest BCUT2D eigenvalue weighted by molar-refractivity contribution is -0.148. The molecule has 0 fully saturated rings. The van der Waals surface area contributed by atoms with Crippen LogP contribution in [0.1, 0.15) is 11.5 Å². The molecule has 0 saturated heterocycles. The summed E-state index contributed by atoms with van der Waals surface area (Å²) in [7, 11) is 0. The number of aromatic nitrogens is 2. The summed E-state index contributed by atoms with van der Waals surface area (Å²) in [6, 6.07) is 14.5. The minimum atomic E-state index is -0.524. The van der Waals surface area contributed by atoms with Crippen LogP contribution in [-0.2, 0) is 16.1 Å². The van der Waals surface area contributed by atoms with Gasteiger partial charge in [0.25, 0.3) is 5.89 Å². The first-order valence-corrected chi connectivity index (χ1v) is 7.91. The molecule has 0 spiro atoms. The Hall–Kier alpha value is -2.86. The van der Waals surface area contributed by atoms with E-state index in [0.717, 1.165) is 11.1 Å². The Labute approximate surface area is 149 Å². The Morgan fingerprint density at radius 1 is 1.20 bits per heavy atom. The number of hydrogen-bond donors (Lipinski definition) is 0. The molecular weight excluding hydrogens is 344 g/mol. The number of carbonyl (C=O) groups is 1. The molecule has 0 saturated carbocycles. The summed E-state index contributed by atoms with van der Waals surface area (Å²) >= 11 is 5.93. The third-order valence-electron chi connectivity index (χ3n) is 3.25. The second-order valence-corrected chi connectivity index (χ2v) is 5.72. The summed E-state index contributed by atoms with van der Waals surface area (Å²) < 4.78 is 15.5. The van der Waals surface area contributed by atoms with Crippen LogP contribution in [0, 0.1) is 6.92 Å². The number of benzene rings is 2. The summed E-state index contributed by atoms with van der Waals surface area (Å²) in [6.45, 7) is 1.63. The van der Waals surface area contributed by atoms with Crippen molar-refractivity contribution in [1.29, 1.82) is 0 Å². The zero-order valence-electron chi connectivity index (χ0n) is 13.4. The third kappa shape index (κ3) is 4.81. The molecule has 6 nitrogen and oxygen atoms in total. The highest BCUT2D eigenvalue weighted by Gasteiger charge is 2.12. The number of esters is 1. The topological polar surface area (TPSA) is 74.5 Å². The Morgan fingerprint density at radius 3 is 2.84 bits per heavy atom. The number of aryl methyl sites for hydroxylation is 1. The van der Waals surface area contributed by atoms with E-state index in [2.05, 4.69) is 10.1 Å². The predicted molar refractivity (Wildman–Crippen MR) is 91.2 cm³/mol. The largest absolute Gasteiger partial charge is 0.482 e. The van der Waals surface area contributed by atoms with Crippen molar-refractivity contribution in [3.63, 3.8) is 0 Å². The molecule has 0 aliphatic heterocycles. The monoisotopic (exact) mass is 358 g/mol. The lowest BCUT2D eigenvalue weighted by atomic mass is 10.2. The van der Waals surface area contributed by atoms with E-state index in [1.807, 2.05) is 31.2 Å². The predicted octanol–water partition coefficient (Wildman–Crippen LogP) is 3.82. The fraction of sp³-hybridized carbons (Fsp3) is 0.167. The molecule has 0 aliphatic rings. The summed E-state index contributed by atoms with van der Waals surface area (Å²) in [5.41, 5.74) is 1.77. The molecule has 0 bridgehead atoms. The number of nitrogens with zero attached hydrogens (tertiary/aromatic N) is 2. The van der Waals surface area contributed by atoms with Gasteiger partial charge in [-0.3, -0.25) is 0 Å². The Balaban J connectivity index is 1.51. The summed E-state index contributed by atoms with van der Waals surface area (Å²) in [5, 5.41) is 4.41. The van der Waals surface area contributed by atoms with Crippen LogP contribution in [0.2, 0.25) is 5.02 Å². The molecule has 0 radical (unpaired) electrons. The number of halogens is 1. The molecule has 3 aromatic rings. The van der Waals surface area contributed by atoms with E-state index < -0.39 is 5.97 Å². The Morgan fingerprint density at radius 2 is 2.04 bits per heavy atom. The second-order valence-electron chi connectivity index (χ2n) is 5.29. The fourth-order valence-corrected chi connectivity index (χ4v) is 2.28. The fourth-order valence-electron chi connectivity index (χ4n) is 2.09. The van der Waals surface area contributed by atoms with E-state index in [1.165, 1.54) is 0 Å². The van der Waals surface area contributed by atoms with Crippen LogP contribution in [-0.4, -0.2) is 22.7 Å². The van der Waals surface area contributed by atoms with E-state index in [4.69, 9.17) is 25.6 Å². The van der Waals surface area contributed by atoms with E-state index in [9.17, 15) is 4.79 Å². The van der Waals surface area contributed by atoms with Gasteiger partial charge in [0.2, 0.25) is 5.82 Å². The molecule has 0 aliphatic carbocycles. The standard InChI is InChI=1S/C18H15ClN2O4/c1-12-4-2-7-15(8-12)23-11-17(22)24-10-16-20-18(21-25-16)13-5-3-6-14(19)9-13/h2-9H,10-11H2,1H3. The molecule has 0 amide bonds. The molecule has 0 N–H and O–H groups in total. The van der Waals surface area contributed by atoms with Crippen molar-refractivity contribution in [2.45, 2.75) is 13.5 Å². The van der Waals surface area contributed by atoms with Crippen LogP contribution >= 0.6 is 11.6 Å². The maximum atomic E-state index is 11.7. The van der Waals surface area contributed by atoms with Gasteiger partial charge in [0.1, 0.15) is 5.75 Å². The number of ether oxygens (including phenoxy) is 2. The van der Waals surface area contributed by atoms with Crippen LogP contribution in [0.3, 0.4) is 0 Å².